The van der Waals surface area contributed by atoms with Crippen molar-refractivity contribution in [2.45, 2.75) is 18.3 Å². The lowest BCUT2D eigenvalue weighted by Crippen LogP contribution is -2.32. The van der Waals surface area contributed by atoms with Crippen LogP contribution in [0.1, 0.15) is 28.8 Å². The van der Waals surface area contributed by atoms with Gasteiger partial charge in [0, 0.05) is 49.4 Å². The summed E-state index contributed by atoms with van der Waals surface area (Å²) in [6.45, 7) is 3.05. The van der Waals surface area contributed by atoms with Crippen molar-refractivity contribution in [3.63, 3.8) is 0 Å². The zero-order valence-electron chi connectivity index (χ0n) is 15.9. The summed E-state index contributed by atoms with van der Waals surface area (Å²) in [5.74, 6) is -0.0771. The molecule has 0 aliphatic heterocycles. The molecular weight excluding hydrogens is 324 g/mol. The van der Waals surface area contributed by atoms with Crippen LogP contribution in [0.25, 0.3) is 11.3 Å². The maximum atomic E-state index is 11.9. The predicted octanol–water partition coefficient (Wildman–Crippen LogP) is 2.29. The Morgan fingerprint density at radius 2 is 2.04 bits per heavy atom. The highest BCUT2D eigenvalue weighted by atomic mass is 16.1. The maximum absolute atomic E-state index is 11.9. The van der Waals surface area contributed by atoms with Gasteiger partial charge in [-0.2, -0.15) is 0 Å². The number of aromatic nitrogens is 1. The average Bonchev–Trinajstić information content (AvgIpc) is 3.46. The maximum Gasteiger partial charge on any atom is 0.251 e. The van der Waals surface area contributed by atoms with E-state index in [1.165, 1.54) is 18.4 Å². The largest absolute Gasteiger partial charge is 0.355 e. The van der Waals surface area contributed by atoms with Gasteiger partial charge in [0.15, 0.2) is 0 Å². The van der Waals surface area contributed by atoms with Gasteiger partial charge in [-0.25, -0.2) is 0 Å². The molecule has 1 fully saturated rings. The Morgan fingerprint density at radius 1 is 1.23 bits per heavy atom. The van der Waals surface area contributed by atoms with E-state index >= 15 is 0 Å². The van der Waals surface area contributed by atoms with Crippen LogP contribution in [0.15, 0.2) is 42.6 Å². The van der Waals surface area contributed by atoms with Crippen molar-refractivity contribution in [3.8, 4) is 11.3 Å². The normalized spacial score (nSPS) is 15.1. The molecule has 1 aromatic heterocycles. The van der Waals surface area contributed by atoms with Crippen LogP contribution in [0.5, 0.6) is 0 Å². The Bertz CT molecular complexity index is 768. The van der Waals surface area contributed by atoms with Gasteiger partial charge in [-0.15, -0.1) is 0 Å². The molecule has 2 N–H and O–H groups in total. The number of benzene rings is 1. The van der Waals surface area contributed by atoms with Crippen molar-refractivity contribution < 1.29 is 4.79 Å². The van der Waals surface area contributed by atoms with Crippen LogP contribution >= 0.6 is 0 Å². The Hall–Kier alpha value is -2.24. The van der Waals surface area contributed by atoms with Gasteiger partial charge in [0.25, 0.3) is 5.91 Å². The molecule has 1 amide bonds. The van der Waals surface area contributed by atoms with E-state index in [1.807, 2.05) is 30.5 Å². The Kier molecular flexibility index (Phi) is 5.69. The van der Waals surface area contributed by atoms with Gasteiger partial charge in [-0.1, -0.05) is 12.1 Å². The summed E-state index contributed by atoms with van der Waals surface area (Å²) in [5.41, 5.74) is 4.13. The Morgan fingerprint density at radius 3 is 2.73 bits per heavy atom. The van der Waals surface area contributed by atoms with E-state index in [2.05, 4.69) is 46.7 Å². The summed E-state index contributed by atoms with van der Waals surface area (Å²) in [4.78, 5) is 18.6. The SMILES string of the molecule is CNC(=O)c1cccc(-c2cc(C3(CNCCN(C)C)CC3)ccn2)c1. The van der Waals surface area contributed by atoms with E-state index in [0.29, 0.717) is 5.56 Å². The molecule has 0 atom stereocenters. The quantitative estimate of drug-likeness (QED) is 0.716. The monoisotopic (exact) mass is 352 g/mol. The number of amides is 1. The van der Waals surface area contributed by atoms with Crippen LogP contribution in [0.2, 0.25) is 0 Å². The summed E-state index contributed by atoms with van der Waals surface area (Å²) in [6.07, 6.45) is 4.31. The molecule has 0 radical (unpaired) electrons. The summed E-state index contributed by atoms with van der Waals surface area (Å²) in [6, 6.07) is 12.0. The van der Waals surface area contributed by atoms with Gasteiger partial charge in [-0.3, -0.25) is 9.78 Å². The number of hydrogen-bond donors (Lipinski definition) is 2. The zero-order valence-corrected chi connectivity index (χ0v) is 15.9. The molecular formula is C21H28N4O. The number of pyridine rings is 1. The summed E-state index contributed by atoms with van der Waals surface area (Å²) < 4.78 is 0. The number of likely N-dealkylation sites (N-methyl/N-ethyl adjacent to an activating group) is 1. The Labute approximate surface area is 155 Å². The molecule has 1 aromatic carbocycles. The van der Waals surface area contributed by atoms with E-state index in [-0.39, 0.29) is 11.3 Å². The molecule has 0 saturated heterocycles. The minimum absolute atomic E-state index is 0.0771. The van der Waals surface area contributed by atoms with Crippen LogP contribution in [-0.4, -0.2) is 56.6 Å². The molecule has 2 aromatic rings. The van der Waals surface area contributed by atoms with Gasteiger partial charge in [0.2, 0.25) is 0 Å². The first-order chi connectivity index (χ1) is 12.5. The number of nitrogens with one attached hydrogen (secondary N) is 2. The molecule has 5 heteroatoms. The number of carbonyl (C=O) groups is 1. The number of carbonyl (C=O) groups excluding carboxylic acids is 1. The van der Waals surface area contributed by atoms with Gasteiger partial charge >= 0.3 is 0 Å². The van der Waals surface area contributed by atoms with Crippen molar-refractivity contribution in [1.82, 2.24) is 20.5 Å². The smallest absolute Gasteiger partial charge is 0.251 e. The minimum atomic E-state index is -0.0771. The molecule has 5 nitrogen and oxygen atoms in total. The van der Waals surface area contributed by atoms with Gasteiger partial charge in [0.05, 0.1) is 5.69 Å². The van der Waals surface area contributed by atoms with Crippen molar-refractivity contribution in [3.05, 3.63) is 53.7 Å². The Balaban J connectivity index is 1.75. The second-order valence-corrected chi connectivity index (χ2v) is 7.35. The van der Waals surface area contributed by atoms with Crippen LogP contribution in [-0.2, 0) is 5.41 Å². The molecule has 3 rings (SSSR count). The van der Waals surface area contributed by atoms with E-state index in [1.54, 1.807) is 7.05 Å². The van der Waals surface area contributed by atoms with Gasteiger partial charge < -0.3 is 15.5 Å². The predicted molar refractivity (Wildman–Crippen MR) is 105 cm³/mol. The first-order valence-electron chi connectivity index (χ1n) is 9.19. The standard InChI is InChI=1S/C21H28N4O/c1-22-20(26)17-6-4-5-16(13-17)19-14-18(7-10-24-19)21(8-9-21)15-23-11-12-25(2)3/h4-7,10,13-14,23H,8-9,11-12,15H2,1-3H3,(H,22,26). The summed E-state index contributed by atoms with van der Waals surface area (Å²) >= 11 is 0. The van der Waals surface area contributed by atoms with Crippen LogP contribution in [0.3, 0.4) is 0 Å². The van der Waals surface area contributed by atoms with E-state index in [0.717, 1.165) is 30.9 Å². The molecule has 1 aliphatic rings. The van der Waals surface area contributed by atoms with Crippen molar-refractivity contribution in [2.24, 2.45) is 0 Å². The van der Waals surface area contributed by atoms with E-state index in [4.69, 9.17) is 0 Å². The number of rotatable bonds is 8. The lowest BCUT2D eigenvalue weighted by atomic mass is 9.94. The third-order valence-corrected chi connectivity index (χ3v) is 5.07. The van der Waals surface area contributed by atoms with Crippen LogP contribution in [0, 0.1) is 0 Å². The first kappa shape index (κ1) is 18.5. The number of nitrogens with zero attached hydrogens (tertiary/aromatic N) is 2. The second-order valence-electron chi connectivity index (χ2n) is 7.35. The van der Waals surface area contributed by atoms with Gasteiger partial charge in [0.1, 0.15) is 0 Å². The molecule has 26 heavy (non-hydrogen) atoms. The van der Waals surface area contributed by atoms with Crippen molar-refractivity contribution in [2.75, 3.05) is 40.8 Å². The van der Waals surface area contributed by atoms with Crippen molar-refractivity contribution in [1.29, 1.82) is 0 Å². The lowest BCUT2D eigenvalue weighted by molar-refractivity contribution is 0.0963. The summed E-state index contributed by atoms with van der Waals surface area (Å²) in [5, 5.41) is 6.26. The first-order valence-corrected chi connectivity index (χ1v) is 9.19. The summed E-state index contributed by atoms with van der Waals surface area (Å²) in [7, 11) is 5.83. The molecule has 138 valence electrons. The van der Waals surface area contributed by atoms with Crippen LogP contribution < -0.4 is 10.6 Å². The lowest BCUT2D eigenvalue weighted by Gasteiger charge is -2.18. The average molecular weight is 352 g/mol. The zero-order chi connectivity index (χ0) is 18.6. The molecule has 1 aliphatic carbocycles. The third-order valence-electron chi connectivity index (χ3n) is 5.07. The fraction of sp³-hybridized carbons (Fsp3) is 0.429. The molecule has 0 spiro atoms. The molecule has 1 saturated carbocycles. The third kappa shape index (κ3) is 4.29. The highest BCUT2D eigenvalue weighted by Crippen LogP contribution is 2.48. The molecule has 0 bridgehead atoms. The fourth-order valence-corrected chi connectivity index (χ4v) is 3.23. The van der Waals surface area contributed by atoms with E-state index in [9.17, 15) is 4.79 Å². The van der Waals surface area contributed by atoms with Crippen molar-refractivity contribution >= 4 is 5.91 Å². The van der Waals surface area contributed by atoms with E-state index < -0.39 is 0 Å². The van der Waals surface area contributed by atoms with Crippen LogP contribution in [0.4, 0.5) is 0 Å². The highest BCUT2D eigenvalue weighted by molar-refractivity contribution is 5.95. The number of hydrogen-bond acceptors (Lipinski definition) is 4. The fourth-order valence-electron chi connectivity index (χ4n) is 3.23. The topological polar surface area (TPSA) is 57.3 Å². The molecule has 1 heterocycles. The second kappa shape index (κ2) is 7.98. The van der Waals surface area contributed by atoms with Gasteiger partial charge in [-0.05, 0) is 56.8 Å². The minimum Gasteiger partial charge on any atom is -0.355 e. The molecule has 0 unspecified atom stereocenters. The highest BCUT2D eigenvalue weighted by Gasteiger charge is 2.43.